The summed E-state index contributed by atoms with van der Waals surface area (Å²) in [6, 6.07) is 10.1. The number of hydrogen-bond donors (Lipinski definition) is 3. The minimum absolute atomic E-state index is 0.0232. The number of benzene rings is 1. The Morgan fingerprint density at radius 2 is 1.93 bits per heavy atom. The summed E-state index contributed by atoms with van der Waals surface area (Å²) in [5, 5.41) is 12.5. The fourth-order valence-corrected chi connectivity index (χ4v) is 1.84. The van der Waals surface area contributed by atoms with E-state index in [-0.39, 0.29) is 18.4 Å². The highest BCUT2D eigenvalue weighted by atomic mass is 19.4. The number of carbonyl (C=O) groups is 3. The van der Waals surface area contributed by atoms with E-state index >= 15 is 0 Å². The van der Waals surface area contributed by atoms with E-state index in [1.54, 1.807) is 42.6 Å². The molecule has 1 aliphatic rings. The molecule has 11 heteroatoms. The predicted molar refractivity (Wildman–Crippen MR) is 86.4 cm³/mol. The largest absolute Gasteiger partial charge is 0.490 e. The van der Waals surface area contributed by atoms with Crippen molar-refractivity contribution in [1.29, 1.82) is 0 Å². The lowest BCUT2D eigenvalue weighted by Crippen LogP contribution is -2.25. The van der Waals surface area contributed by atoms with E-state index < -0.39 is 12.1 Å². The molecule has 3 rings (SSSR count). The molecule has 2 amide bonds. The van der Waals surface area contributed by atoms with Gasteiger partial charge in [0.15, 0.2) is 6.61 Å². The van der Waals surface area contributed by atoms with Crippen LogP contribution in [-0.2, 0) is 9.59 Å². The van der Waals surface area contributed by atoms with Crippen molar-refractivity contribution < 1.29 is 37.4 Å². The molecule has 1 aliphatic heterocycles. The van der Waals surface area contributed by atoms with Crippen molar-refractivity contribution in [3.8, 4) is 5.75 Å². The van der Waals surface area contributed by atoms with Gasteiger partial charge in [0, 0.05) is 18.0 Å². The predicted octanol–water partition coefficient (Wildman–Crippen LogP) is 2.30. The molecule has 1 aromatic carbocycles. The van der Waals surface area contributed by atoms with Crippen molar-refractivity contribution in [3.63, 3.8) is 0 Å². The van der Waals surface area contributed by atoms with Crippen molar-refractivity contribution >= 4 is 29.2 Å². The number of halogens is 3. The van der Waals surface area contributed by atoms with Crippen LogP contribution in [0.4, 0.5) is 24.5 Å². The van der Waals surface area contributed by atoms with Gasteiger partial charge in [0.05, 0.1) is 5.69 Å². The first kappa shape index (κ1) is 19.7. The fourth-order valence-electron chi connectivity index (χ4n) is 1.84. The van der Waals surface area contributed by atoms with Gasteiger partial charge in [0.25, 0.3) is 11.8 Å². The zero-order chi connectivity index (χ0) is 20.0. The lowest BCUT2D eigenvalue weighted by atomic mass is 10.2. The summed E-state index contributed by atoms with van der Waals surface area (Å²) in [5.74, 6) is -2.72. The maximum atomic E-state index is 12.0. The number of aromatic nitrogens is 1. The Bertz CT molecular complexity index is 856. The minimum Gasteiger partial charge on any atom is -0.482 e. The third-order valence-electron chi connectivity index (χ3n) is 3.01. The van der Waals surface area contributed by atoms with E-state index in [0.29, 0.717) is 22.8 Å². The van der Waals surface area contributed by atoms with Gasteiger partial charge in [-0.25, -0.2) is 4.79 Å². The first-order chi connectivity index (χ1) is 12.7. The van der Waals surface area contributed by atoms with Crippen LogP contribution in [0.1, 0.15) is 10.5 Å². The van der Waals surface area contributed by atoms with Gasteiger partial charge in [-0.15, -0.1) is 0 Å². The maximum Gasteiger partial charge on any atom is 0.490 e. The number of nitrogens with one attached hydrogen (secondary N) is 2. The highest BCUT2D eigenvalue weighted by molar-refractivity contribution is 6.03. The zero-order valence-corrected chi connectivity index (χ0v) is 13.4. The number of pyridine rings is 1. The monoisotopic (exact) mass is 383 g/mol. The molecular weight excluding hydrogens is 371 g/mol. The van der Waals surface area contributed by atoms with Crippen LogP contribution >= 0.6 is 0 Å². The molecule has 0 radical (unpaired) electrons. The molecule has 0 fully saturated rings. The molecule has 0 spiro atoms. The van der Waals surface area contributed by atoms with Crippen LogP contribution in [0.2, 0.25) is 0 Å². The zero-order valence-electron chi connectivity index (χ0n) is 13.4. The number of alkyl halides is 3. The van der Waals surface area contributed by atoms with Gasteiger partial charge in [0.1, 0.15) is 11.4 Å². The molecule has 0 aliphatic carbocycles. The van der Waals surface area contributed by atoms with Gasteiger partial charge in [-0.05, 0) is 24.3 Å². The topological polar surface area (TPSA) is 118 Å². The number of carboxylic acids is 1. The fraction of sp³-hybridized carbons (Fsp3) is 0.125. The molecule has 0 saturated carbocycles. The van der Waals surface area contributed by atoms with Crippen LogP contribution in [0.5, 0.6) is 5.75 Å². The van der Waals surface area contributed by atoms with Crippen molar-refractivity contribution in [2.45, 2.75) is 6.18 Å². The molecular formula is C16H12F3N3O5. The third kappa shape index (κ3) is 5.70. The van der Waals surface area contributed by atoms with Crippen LogP contribution in [0.3, 0.4) is 0 Å². The molecule has 142 valence electrons. The molecule has 0 bridgehead atoms. The molecule has 3 N–H and O–H groups in total. The van der Waals surface area contributed by atoms with Crippen LogP contribution in [0.25, 0.3) is 0 Å². The molecule has 1 aromatic heterocycles. The molecule has 0 unspecified atom stereocenters. The molecule has 8 nitrogen and oxygen atoms in total. The van der Waals surface area contributed by atoms with E-state index in [1.165, 1.54) is 0 Å². The summed E-state index contributed by atoms with van der Waals surface area (Å²) < 4.78 is 37.0. The Morgan fingerprint density at radius 3 is 2.52 bits per heavy atom. The number of carbonyl (C=O) groups excluding carboxylic acids is 2. The van der Waals surface area contributed by atoms with Gasteiger partial charge >= 0.3 is 12.1 Å². The number of ether oxygens (including phenoxy) is 1. The van der Waals surface area contributed by atoms with Crippen LogP contribution in [0.15, 0.2) is 42.6 Å². The van der Waals surface area contributed by atoms with E-state index in [0.717, 1.165) is 0 Å². The summed E-state index contributed by atoms with van der Waals surface area (Å²) in [7, 11) is 0. The van der Waals surface area contributed by atoms with Gasteiger partial charge < -0.3 is 20.5 Å². The normalized spacial score (nSPS) is 12.5. The third-order valence-corrected chi connectivity index (χ3v) is 3.01. The molecule has 0 saturated heterocycles. The van der Waals surface area contributed by atoms with Crippen molar-refractivity contribution in [2.75, 3.05) is 17.2 Å². The second-order valence-corrected chi connectivity index (χ2v) is 5.02. The minimum atomic E-state index is -5.08. The number of fused-ring (bicyclic) bond motifs is 1. The second-order valence-electron chi connectivity index (χ2n) is 5.02. The Kier molecular flexibility index (Phi) is 5.96. The summed E-state index contributed by atoms with van der Waals surface area (Å²) in [6.07, 6.45) is -3.53. The highest BCUT2D eigenvalue weighted by Gasteiger charge is 2.38. The van der Waals surface area contributed by atoms with Crippen LogP contribution in [0, 0.1) is 0 Å². The first-order valence-electron chi connectivity index (χ1n) is 7.26. The average Bonchev–Trinajstić information content (AvgIpc) is 2.62. The standard InChI is InChI=1S/C14H11N3O3.C2HF3O2/c18-13-8-20-12-7-9(4-5-10(12)17-13)16-14(19)11-3-1-2-6-15-11;3-2(4,5)1(6)7/h1-7H,8H2,(H,16,19)(H,17,18);(H,6,7). The van der Waals surface area contributed by atoms with Gasteiger partial charge in [0.2, 0.25) is 0 Å². The SMILES string of the molecule is O=C(O)C(F)(F)F.O=C1COc2cc(NC(=O)c3ccccn3)ccc2N1. The summed E-state index contributed by atoms with van der Waals surface area (Å²) in [4.78, 5) is 36.0. The van der Waals surface area contributed by atoms with Gasteiger partial charge in [-0.3, -0.25) is 14.6 Å². The number of amides is 2. The Morgan fingerprint density at radius 1 is 1.22 bits per heavy atom. The smallest absolute Gasteiger partial charge is 0.482 e. The lowest BCUT2D eigenvalue weighted by Gasteiger charge is -2.18. The van der Waals surface area contributed by atoms with Crippen LogP contribution in [-0.4, -0.2) is 40.7 Å². The summed E-state index contributed by atoms with van der Waals surface area (Å²) in [6.45, 7) is -0.0232. The number of anilines is 2. The molecule has 2 aromatic rings. The van der Waals surface area contributed by atoms with Crippen molar-refractivity contribution in [2.24, 2.45) is 0 Å². The number of aliphatic carboxylic acids is 1. The highest BCUT2D eigenvalue weighted by Crippen LogP contribution is 2.30. The van der Waals surface area contributed by atoms with Crippen molar-refractivity contribution in [3.05, 3.63) is 48.3 Å². The van der Waals surface area contributed by atoms with Gasteiger partial charge in [-0.1, -0.05) is 6.07 Å². The second kappa shape index (κ2) is 8.17. The average molecular weight is 383 g/mol. The van der Waals surface area contributed by atoms with E-state index in [4.69, 9.17) is 14.6 Å². The number of hydrogen-bond acceptors (Lipinski definition) is 5. The van der Waals surface area contributed by atoms with E-state index in [1.807, 2.05) is 0 Å². The lowest BCUT2D eigenvalue weighted by molar-refractivity contribution is -0.192. The maximum absolute atomic E-state index is 12.0. The number of rotatable bonds is 2. The van der Waals surface area contributed by atoms with Crippen LogP contribution < -0.4 is 15.4 Å². The first-order valence-corrected chi connectivity index (χ1v) is 7.26. The van der Waals surface area contributed by atoms with E-state index in [2.05, 4.69) is 15.6 Å². The van der Waals surface area contributed by atoms with Gasteiger partial charge in [-0.2, -0.15) is 13.2 Å². The number of nitrogens with zero attached hydrogens (tertiary/aromatic N) is 1. The summed E-state index contributed by atoms with van der Waals surface area (Å²) in [5.41, 5.74) is 1.51. The molecule has 27 heavy (non-hydrogen) atoms. The van der Waals surface area contributed by atoms with Crippen molar-refractivity contribution in [1.82, 2.24) is 4.98 Å². The molecule has 0 atom stereocenters. The quantitative estimate of drug-likeness (QED) is 0.733. The number of carboxylic acid groups (broad SMARTS) is 1. The molecule has 2 heterocycles. The summed E-state index contributed by atoms with van der Waals surface area (Å²) >= 11 is 0. The Balaban J connectivity index is 0.000000321. The van der Waals surface area contributed by atoms with E-state index in [9.17, 15) is 22.8 Å². The Labute approximate surface area is 150 Å². The Hall–Kier alpha value is -3.63.